The average Bonchev–Trinajstić information content (AvgIpc) is 3.38. The van der Waals surface area contributed by atoms with Gasteiger partial charge in [-0.15, -0.1) is 0 Å². The number of benzene rings is 1. The first-order chi connectivity index (χ1) is 13.3. The molecule has 2 N–H and O–H groups in total. The Bertz CT molecular complexity index is 634. The molecule has 2 saturated carbocycles. The molecule has 2 saturated heterocycles. The molecule has 5 rings (SSSR count). The lowest BCUT2D eigenvalue weighted by Gasteiger charge is -2.42. The first kappa shape index (κ1) is 17.8. The van der Waals surface area contributed by atoms with Gasteiger partial charge in [0.2, 0.25) is 0 Å². The number of methoxy groups -OCH3 is 1. The molecule has 0 amide bonds. The number of hydrogen-bond acceptors (Lipinski definition) is 2. The summed E-state index contributed by atoms with van der Waals surface area (Å²) in [6.07, 6.45) is 9.10. The van der Waals surface area contributed by atoms with Crippen LogP contribution in [0.25, 0.3) is 0 Å². The molecule has 0 radical (unpaired) electrons. The Balaban J connectivity index is 1.12. The van der Waals surface area contributed by atoms with Crippen LogP contribution < -0.4 is 19.4 Å². The van der Waals surface area contributed by atoms with Crippen molar-refractivity contribution in [3.63, 3.8) is 0 Å². The number of piperazine rings is 1. The van der Waals surface area contributed by atoms with Crippen LogP contribution in [-0.4, -0.2) is 58.5 Å². The summed E-state index contributed by atoms with van der Waals surface area (Å²) in [5, 5.41) is 0. The van der Waals surface area contributed by atoms with Crippen molar-refractivity contribution in [3.8, 4) is 5.75 Å². The summed E-state index contributed by atoms with van der Waals surface area (Å²) in [6, 6.07) is 10.4. The minimum absolute atomic E-state index is 0.909. The Hall–Kier alpha value is -1.26. The fourth-order valence-corrected chi connectivity index (χ4v) is 6.85. The maximum absolute atomic E-state index is 5.57. The van der Waals surface area contributed by atoms with Crippen LogP contribution in [-0.2, 0) is 0 Å². The van der Waals surface area contributed by atoms with Crippen LogP contribution in [0.3, 0.4) is 0 Å². The highest BCUT2D eigenvalue weighted by atomic mass is 16.5. The highest BCUT2D eigenvalue weighted by Crippen LogP contribution is 2.43. The second kappa shape index (κ2) is 7.63. The third-order valence-corrected chi connectivity index (χ3v) is 8.30. The van der Waals surface area contributed by atoms with Gasteiger partial charge in [-0.2, -0.15) is 0 Å². The van der Waals surface area contributed by atoms with Crippen LogP contribution in [0.15, 0.2) is 24.3 Å². The molecule has 4 fully saturated rings. The van der Waals surface area contributed by atoms with Crippen molar-refractivity contribution in [1.29, 1.82) is 0 Å². The van der Waals surface area contributed by atoms with Gasteiger partial charge in [0.15, 0.2) is 0 Å². The monoisotopic (exact) mass is 371 g/mol. The van der Waals surface area contributed by atoms with E-state index in [1.807, 2.05) is 9.80 Å². The van der Waals surface area contributed by atoms with Gasteiger partial charge in [0, 0.05) is 25.2 Å². The van der Waals surface area contributed by atoms with Gasteiger partial charge < -0.3 is 19.4 Å². The van der Waals surface area contributed by atoms with E-state index < -0.39 is 0 Å². The van der Waals surface area contributed by atoms with Crippen LogP contribution in [0.5, 0.6) is 5.75 Å². The summed E-state index contributed by atoms with van der Waals surface area (Å²) in [7, 11) is 1.78. The number of rotatable bonds is 4. The van der Waals surface area contributed by atoms with Gasteiger partial charge in [-0.1, -0.05) is 12.1 Å². The Morgan fingerprint density at radius 2 is 1.67 bits per heavy atom. The van der Waals surface area contributed by atoms with E-state index in [-0.39, 0.29) is 0 Å². The SMILES string of the molecule is COc1ccccc1N1CC[NH+](C2CC[NH+]([C@@H]3C[C@H]4CC[C@@H]3C4)CC2)CC1. The summed E-state index contributed by atoms with van der Waals surface area (Å²) in [5.41, 5.74) is 1.27. The Morgan fingerprint density at radius 3 is 2.33 bits per heavy atom. The molecule has 148 valence electrons. The highest BCUT2D eigenvalue weighted by molar-refractivity contribution is 5.58. The highest BCUT2D eigenvalue weighted by Gasteiger charge is 2.46. The van der Waals surface area contributed by atoms with E-state index in [0.717, 1.165) is 42.8 Å². The number of quaternary nitrogens is 2. The van der Waals surface area contributed by atoms with E-state index in [1.54, 1.807) is 26.4 Å². The molecule has 2 bridgehead atoms. The van der Waals surface area contributed by atoms with Gasteiger partial charge in [-0.05, 0) is 37.3 Å². The number of hydrogen-bond donors (Lipinski definition) is 2. The topological polar surface area (TPSA) is 21.4 Å². The van der Waals surface area contributed by atoms with Crippen molar-refractivity contribution in [2.24, 2.45) is 11.8 Å². The van der Waals surface area contributed by atoms with Crippen molar-refractivity contribution >= 4 is 5.69 Å². The Morgan fingerprint density at radius 1 is 0.889 bits per heavy atom. The van der Waals surface area contributed by atoms with Crippen molar-refractivity contribution in [2.45, 2.75) is 50.6 Å². The average molecular weight is 372 g/mol. The molecule has 0 unspecified atom stereocenters. The molecule has 4 aliphatic rings. The number of nitrogens with zero attached hydrogens (tertiary/aromatic N) is 1. The molecule has 4 heteroatoms. The first-order valence-electron chi connectivity index (χ1n) is 11.4. The molecule has 0 spiro atoms. The number of para-hydroxylation sites is 2. The minimum atomic E-state index is 0.909. The fraction of sp³-hybridized carbons (Fsp3) is 0.739. The van der Waals surface area contributed by atoms with E-state index in [2.05, 4.69) is 29.2 Å². The van der Waals surface area contributed by atoms with E-state index in [4.69, 9.17) is 4.74 Å². The zero-order chi connectivity index (χ0) is 18.2. The number of ether oxygens (including phenoxy) is 1. The third kappa shape index (κ3) is 3.47. The van der Waals surface area contributed by atoms with Crippen LogP contribution in [0, 0.1) is 11.8 Å². The first-order valence-corrected chi connectivity index (χ1v) is 11.4. The molecule has 0 aromatic heterocycles. The number of nitrogens with one attached hydrogen (secondary N) is 2. The predicted octanol–water partition coefficient (Wildman–Crippen LogP) is 0.636. The van der Waals surface area contributed by atoms with Gasteiger partial charge in [0.1, 0.15) is 5.75 Å². The van der Waals surface area contributed by atoms with Gasteiger partial charge in [0.05, 0.1) is 64.1 Å². The lowest BCUT2D eigenvalue weighted by atomic mass is 9.91. The largest absolute Gasteiger partial charge is 0.495 e. The zero-order valence-corrected chi connectivity index (χ0v) is 17.0. The van der Waals surface area contributed by atoms with Crippen molar-refractivity contribution in [1.82, 2.24) is 0 Å². The molecule has 2 heterocycles. The molecular weight excluding hydrogens is 334 g/mol. The lowest BCUT2D eigenvalue weighted by molar-refractivity contribution is -0.970. The van der Waals surface area contributed by atoms with Crippen molar-refractivity contribution in [2.75, 3.05) is 51.3 Å². The summed E-state index contributed by atoms with van der Waals surface area (Å²) in [6.45, 7) is 7.78. The smallest absolute Gasteiger partial charge is 0.142 e. The molecule has 1 aromatic carbocycles. The van der Waals surface area contributed by atoms with E-state index >= 15 is 0 Å². The molecule has 4 nitrogen and oxygen atoms in total. The summed E-state index contributed by atoms with van der Waals surface area (Å²) in [4.78, 5) is 6.37. The zero-order valence-electron chi connectivity index (χ0n) is 17.0. The van der Waals surface area contributed by atoms with Crippen LogP contribution in [0.1, 0.15) is 38.5 Å². The van der Waals surface area contributed by atoms with Gasteiger partial charge in [-0.25, -0.2) is 0 Å². The van der Waals surface area contributed by atoms with Crippen molar-refractivity contribution in [3.05, 3.63) is 24.3 Å². The molecule has 1 aromatic rings. The van der Waals surface area contributed by atoms with Gasteiger partial charge in [-0.3, -0.25) is 0 Å². The number of fused-ring (bicyclic) bond motifs is 2. The fourth-order valence-electron chi connectivity index (χ4n) is 6.85. The Kier molecular flexibility index (Phi) is 5.04. The minimum Gasteiger partial charge on any atom is -0.495 e. The van der Waals surface area contributed by atoms with Gasteiger partial charge >= 0.3 is 0 Å². The van der Waals surface area contributed by atoms with Gasteiger partial charge in [0.25, 0.3) is 0 Å². The second-order valence-electron chi connectivity index (χ2n) is 9.53. The van der Waals surface area contributed by atoms with Crippen LogP contribution in [0.2, 0.25) is 0 Å². The maximum Gasteiger partial charge on any atom is 0.142 e. The maximum atomic E-state index is 5.57. The number of anilines is 1. The van der Waals surface area contributed by atoms with Crippen molar-refractivity contribution < 1.29 is 14.5 Å². The second-order valence-corrected chi connectivity index (χ2v) is 9.53. The molecule has 2 aliphatic carbocycles. The quantitative estimate of drug-likeness (QED) is 0.811. The molecule has 27 heavy (non-hydrogen) atoms. The van der Waals surface area contributed by atoms with Crippen LogP contribution in [0.4, 0.5) is 5.69 Å². The molecule has 2 aliphatic heterocycles. The lowest BCUT2D eigenvalue weighted by Crippen LogP contribution is -3.23. The Labute approximate surface area is 164 Å². The summed E-state index contributed by atoms with van der Waals surface area (Å²) < 4.78 is 5.57. The van der Waals surface area contributed by atoms with E-state index in [9.17, 15) is 0 Å². The number of likely N-dealkylation sites (tertiary alicyclic amines) is 1. The molecular formula is C23H37N3O+2. The van der Waals surface area contributed by atoms with Crippen LogP contribution >= 0.6 is 0 Å². The third-order valence-electron chi connectivity index (χ3n) is 8.30. The normalized spacial score (nSPS) is 36.9. The molecule has 3 atom stereocenters. The number of piperidine rings is 1. The summed E-state index contributed by atoms with van der Waals surface area (Å²) in [5.74, 6) is 3.20. The summed E-state index contributed by atoms with van der Waals surface area (Å²) >= 11 is 0. The van der Waals surface area contributed by atoms with E-state index in [1.165, 1.54) is 51.1 Å². The van der Waals surface area contributed by atoms with E-state index in [0.29, 0.717) is 0 Å². The standard InChI is InChI=1S/C23H35N3O/c1-27-23-5-3-2-4-21(23)26-14-12-24(13-15-26)20-8-10-25(11-9-20)22-17-18-6-7-19(22)16-18/h2-5,18-20,22H,6-17H2,1H3/p+2/t18-,19+,22+/m0/s1. The predicted molar refractivity (Wildman–Crippen MR) is 109 cm³/mol.